The Bertz CT molecular complexity index is 236. The monoisotopic (exact) mass is 180 g/mol. The molecule has 0 bridgehead atoms. The van der Waals surface area contributed by atoms with Crippen LogP contribution in [-0.4, -0.2) is 25.4 Å². The Kier molecular flexibility index (Phi) is 1.74. The van der Waals surface area contributed by atoms with Crippen LogP contribution in [0.2, 0.25) is 0 Å². The third-order valence-corrected chi connectivity index (χ3v) is 3.64. The van der Waals surface area contributed by atoms with Crippen molar-refractivity contribution in [1.82, 2.24) is 0 Å². The summed E-state index contributed by atoms with van der Waals surface area (Å²) in [6, 6.07) is 0. The number of allylic oxidation sites excluding steroid dienone is 1. The third kappa shape index (κ3) is 1.24. The summed E-state index contributed by atoms with van der Waals surface area (Å²) in [7, 11) is 0. The molecule has 3 aliphatic rings. The van der Waals surface area contributed by atoms with Gasteiger partial charge in [-0.15, -0.1) is 0 Å². The summed E-state index contributed by atoms with van der Waals surface area (Å²) >= 11 is 0. The van der Waals surface area contributed by atoms with Gasteiger partial charge < -0.3 is 9.47 Å². The number of epoxide rings is 1. The lowest BCUT2D eigenvalue weighted by Gasteiger charge is -2.32. The lowest BCUT2D eigenvalue weighted by Crippen LogP contribution is -2.35. The lowest BCUT2D eigenvalue weighted by atomic mass is 9.72. The van der Waals surface area contributed by atoms with E-state index in [2.05, 4.69) is 12.2 Å². The standard InChI is InChI=1S/C11H16O2/c1-2-7-12-8-11(5-1)6-3-4-9-10(11)13-9/h1-2,9-10H,3-8H2/t9-,10-,11-/m0/s1. The quantitative estimate of drug-likeness (QED) is 0.419. The van der Waals surface area contributed by atoms with Crippen LogP contribution in [0.3, 0.4) is 0 Å². The first kappa shape index (κ1) is 8.01. The Hall–Kier alpha value is -0.340. The van der Waals surface area contributed by atoms with Crippen molar-refractivity contribution < 1.29 is 9.47 Å². The molecule has 3 atom stereocenters. The summed E-state index contributed by atoms with van der Waals surface area (Å²) in [5.41, 5.74) is 0.343. The van der Waals surface area contributed by atoms with Crippen molar-refractivity contribution in [2.75, 3.05) is 13.2 Å². The molecule has 2 aliphatic heterocycles. The van der Waals surface area contributed by atoms with Crippen LogP contribution in [0.5, 0.6) is 0 Å². The highest BCUT2D eigenvalue weighted by Gasteiger charge is 2.56. The largest absolute Gasteiger partial charge is 0.377 e. The highest BCUT2D eigenvalue weighted by molar-refractivity contribution is 5.08. The zero-order chi connectivity index (χ0) is 8.73. The molecule has 0 aromatic carbocycles. The Balaban J connectivity index is 1.81. The van der Waals surface area contributed by atoms with Crippen LogP contribution in [0.25, 0.3) is 0 Å². The molecule has 2 heteroatoms. The first-order chi connectivity index (χ1) is 6.41. The van der Waals surface area contributed by atoms with Gasteiger partial charge in [0.2, 0.25) is 0 Å². The molecule has 0 aromatic heterocycles. The van der Waals surface area contributed by atoms with Crippen molar-refractivity contribution in [3.05, 3.63) is 12.2 Å². The molecule has 1 saturated carbocycles. The molecule has 0 N–H and O–H groups in total. The molecule has 2 fully saturated rings. The van der Waals surface area contributed by atoms with Crippen LogP contribution in [0.15, 0.2) is 12.2 Å². The number of hydrogen-bond acceptors (Lipinski definition) is 2. The average Bonchev–Trinajstić information content (AvgIpc) is 2.90. The van der Waals surface area contributed by atoms with Gasteiger partial charge in [-0.25, -0.2) is 0 Å². The highest BCUT2D eigenvalue weighted by Crippen LogP contribution is 2.51. The minimum absolute atomic E-state index is 0.343. The fourth-order valence-corrected chi connectivity index (χ4v) is 2.85. The average molecular weight is 180 g/mol. The van der Waals surface area contributed by atoms with Crippen LogP contribution in [0, 0.1) is 5.41 Å². The van der Waals surface area contributed by atoms with Gasteiger partial charge in [0.05, 0.1) is 25.4 Å². The zero-order valence-corrected chi connectivity index (χ0v) is 7.87. The maximum atomic E-state index is 5.71. The van der Waals surface area contributed by atoms with Crippen molar-refractivity contribution in [3.63, 3.8) is 0 Å². The second-order valence-corrected chi connectivity index (χ2v) is 4.54. The Morgan fingerprint density at radius 1 is 1.31 bits per heavy atom. The maximum Gasteiger partial charge on any atom is 0.0922 e. The Morgan fingerprint density at radius 2 is 2.31 bits per heavy atom. The van der Waals surface area contributed by atoms with E-state index in [4.69, 9.17) is 9.47 Å². The summed E-state index contributed by atoms with van der Waals surface area (Å²) in [5.74, 6) is 0. The molecule has 1 saturated heterocycles. The van der Waals surface area contributed by atoms with Gasteiger partial charge in [0.15, 0.2) is 0 Å². The second-order valence-electron chi connectivity index (χ2n) is 4.54. The lowest BCUT2D eigenvalue weighted by molar-refractivity contribution is 0.0369. The molecular formula is C11H16O2. The molecule has 2 nitrogen and oxygen atoms in total. The van der Waals surface area contributed by atoms with Gasteiger partial charge in [-0.1, -0.05) is 18.6 Å². The maximum absolute atomic E-state index is 5.71. The normalized spacial score (nSPS) is 48.6. The van der Waals surface area contributed by atoms with Crippen LogP contribution < -0.4 is 0 Å². The zero-order valence-electron chi connectivity index (χ0n) is 7.87. The number of rotatable bonds is 0. The fraction of sp³-hybridized carbons (Fsp3) is 0.818. The summed E-state index contributed by atoms with van der Waals surface area (Å²) in [5, 5.41) is 0. The summed E-state index contributed by atoms with van der Waals surface area (Å²) in [6.07, 6.45) is 10.5. The van der Waals surface area contributed by atoms with E-state index in [1.165, 1.54) is 19.3 Å². The number of ether oxygens (including phenoxy) is 2. The molecule has 3 rings (SSSR count). The van der Waals surface area contributed by atoms with Crippen LogP contribution in [0.4, 0.5) is 0 Å². The van der Waals surface area contributed by atoms with Gasteiger partial charge in [-0.2, -0.15) is 0 Å². The van der Waals surface area contributed by atoms with Crippen LogP contribution >= 0.6 is 0 Å². The second kappa shape index (κ2) is 2.82. The smallest absolute Gasteiger partial charge is 0.0922 e. The van der Waals surface area contributed by atoms with Gasteiger partial charge in [0, 0.05) is 5.41 Å². The van der Waals surface area contributed by atoms with Crippen molar-refractivity contribution in [2.45, 2.75) is 37.9 Å². The molecule has 72 valence electrons. The molecule has 2 heterocycles. The SMILES string of the molecule is C1=CC[C@]2(CCC[C@@H]3O[C@@H]32)COC1. The Morgan fingerprint density at radius 3 is 3.31 bits per heavy atom. The van der Waals surface area contributed by atoms with E-state index in [0.717, 1.165) is 19.6 Å². The first-order valence-corrected chi connectivity index (χ1v) is 5.29. The van der Waals surface area contributed by atoms with Crippen LogP contribution in [0.1, 0.15) is 25.7 Å². The predicted molar refractivity (Wildman–Crippen MR) is 49.5 cm³/mol. The first-order valence-electron chi connectivity index (χ1n) is 5.29. The molecular weight excluding hydrogens is 164 g/mol. The summed E-state index contributed by atoms with van der Waals surface area (Å²) < 4.78 is 11.3. The van der Waals surface area contributed by atoms with Gasteiger partial charge in [0.25, 0.3) is 0 Å². The molecule has 0 radical (unpaired) electrons. The van der Waals surface area contributed by atoms with E-state index in [1.807, 2.05) is 0 Å². The summed E-state index contributed by atoms with van der Waals surface area (Å²) in [4.78, 5) is 0. The van der Waals surface area contributed by atoms with Crippen molar-refractivity contribution in [1.29, 1.82) is 0 Å². The van der Waals surface area contributed by atoms with Gasteiger partial charge >= 0.3 is 0 Å². The minimum Gasteiger partial charge on any atom is -0.377 e. The van der Waals surface area contributed by atoms with Gasteiger partial charge in [-0.3, -0.25) is 0 Å². The minimum atomic E-state index is 0.343. The fourth-order valence-electron chi connectivity index (χ4n) is 2.85. The van der Waals surface area contributed by atoms with Gasteiger partial charge in [0.1, 0.15) is 0 Å². The van der Waals surface area contributed by atoms with E-state index in [1.54, 1.807) is 0 Å². The van der Waals surface area contributed by atoms with Gasteiger partial charge in [-0.05, 0) is 19.3 Å². The Labute approximate surface area is 78.9 Å². The van der Waals surface area contributed by atoms with Crippen LogP contribution in [-0.2, 0) is 9.47 Å². The summed E-state index contributed by atoms with van der Waals surface area (Å²) in [6.45, 7) is 1.69. The predicted octanol–water partition coefficient (Wildman–Crippen LogP) is 1.90. The van der Waals surface area contributed by atoms with Crippen molar-refractivity contribution >= 4 is 0 Å². The third-order valence-electron chi connectivity index (χ3n) is 3.64. The van der Waals surface area contributed by atoms with E-state index in [9.17, 15) is 0 Å². The van der Waals surface area contributed by atoms with E-state index in [-0.39, 0.29) is 0 Å². The van der Waals surface area contributed by atoms with E-state index >= 15 is 0 Å². The topological polar surface area (TPSA) is 21.8 Å². The molecule has 13 heavy (non-hydrogen) atoms. The van der Waals surface area contributed by atoms with E-state index < -0.39 is 0 Å². The molecule has 0 unspecified atom stereocenters. The van der Waals surface area contributed by atoms with Crippen molar-refractivity contribution in [2.24, 2.45) is 5.41 Å². The van der Waals surface area contributed by atoms with E-state index in [0.29, 0.717) is 17.6 Å². The number of fused-ring (bicyclic) bond motifs is 2. The van der Waals surface area contributed by atoms with Crippen molar-refractivity contribution in [3.8, 4) is 0 Å². The molecule has 0 aromatic rings. The highest BCUT2D eigenvalue weighted by atomic mass is 16.6. The number of hydrogen-bond donors (Lipinski definition) is 0. The molecule has 1 aliphatic carbocycles. The molecule has 0 amide bonds. The molecule has 1 spiro atoms.